The van der Waals surface area contributed by atoms with Crippen LogP contribution >= 0.6 is 0 Å². The molecule has 2 rings (SSSR count). The van der Waals surface area contributed by atoms with Crippen LogP contribution in [-0.2, 0) is 19.8 Å². The second-order valence-electron chi connectivity index (χ2n) is 4.02. The lowest BCUT2D eigenvalue weighted by molar-refractivity contribution is 0.281. The van der Waals surface area contributed by atoms with Gasteiger partial charge in [0.25, 0.3) is 0 Å². The van der Waals surface area contributed by atoms with Crippen LogP contribution in [0.1, 0.15) is 16.7 Å². The predicted molar refractivity (Wildman–Crippen MR) is 69.9 cm³/mol. The van der Waals surface area contributed by atoms with Gasteiger partial charge in [-0.25, -0.2) is 0 Å². The van der Waals surface area contributed by atoms with Crippen LogP contribution in [0.2, 0.25) is 0 Å². The molecule has 18 heavy (non-hydrogen) atoms. The van der Waals surface area contributed by atoms with Crippen LogP contribution in [0, 0.1) is 0 Å². The van der Waals surface area contributed by atoms with E-state index >= 15 is 0 Å². The van der Waals surface area contributed by atoms with E-state index < -0.39 is 0 Å². The summed E-state index contributed by atoms with van der Waals surface area (Å²) in [5.41, 5.74) is 3.68. The number of rotatable bonds is 5. The van der Waals surface area contributed by atoms with Gasteiger partial charge in [-0.05, 0) is 17.2 Å². The van der Waals surface area contributed by atoms with E-state index in [1.807, 2.05) is 24.3 Å². The topological polar surface area (TPSA) is 65.4 Å². The van der Waals surface area contributed by atoms with E-state index in [9.17, 15) is 5.11 Å². The van der Waals surface area contributed by atoms with Crippen molar-refractivity contribution in [3.63, 3.8) is 0 Å². The molecule has 0 saturated carbocycles. The van der Waals surface area contributed by atoms with Crippen molar-refractivity contribution in [3.05, 3.63) is 59.4 Å². The highest BCUT2D eigenvalue weighted by molar-refractivity contribution is 5.48. The third kappa shape index (κ3) is 3.06. The molecule has 0 aliphatic carbocycles. The van der Waals surface area contributed by atoms with Gasteiger partial charge < -0.3 is 15.5 Å². The fourth-order valence-corrected chi connectivity index (χ4v) is 1.68. The molecule has 0 aliphatic heterocycles. The molecule has 0 aliphatic rings. The number of aliphatic hydroxyl groups excluding tert-OH is 2. The molecule has 0 spiro atoms. The lowest BCUT2D eigenvalue weighted by Crippen LogP contribution is -2.03. The Hall–Kier alpha value is -1.91. The number of pyridine rings is 1. The summed E-state index contributed by atoms with van der Waals surface area (Å²) in [5, 5.41) is 21.4. The summed E-state index contributed by atoms with van der Waals surface area (Å²) in [4.78, 5) is 4.03. The molecule has 0 radical (unpaired) electrons. The third-order valence-electron chi connectivity index (χ3n) is 2.77. The maximum Gasteiger partial charge on any atom is 0.0703 e. The molecular formula is C14H16N2O2. The second-order valence-corrected chi connectivity index (χ2v) is 4.02. The highest BCUT2D eigenvalue weighted by Gasteiger charge is 2.00. The Balaban J connectivity index is 2.02. The fourth-order valence-electron chi connectivity index (χ4n) is 1.68. The van der Waals surface area contributed by atoms with Gasteiger partial charge in [-0.2, -0.15) is 0 Å². The molecule has 0 bridgehead atoms. The Morgan fingerprint density at radius 1 is 0.944 bits per heavy atom. The van der Waals surface area contributed by atoms with Crippen molar-refractivity contribution in [3.8, 4) is 0 Å². The van der Waals surface area contributed by atoms with E-state index in [-0.39, 0.29) is 13.2 Å². The normalized spacial score (nSPS) is 10.3. The van der Waals surface area contributed by atoms with Crippen LogP contribution in [0.3, 0.4) is 0 Å². The number of aliphatic hydroxyl groups is 2. The molecule has 0 atom stereocenters. The van der Waals surface area contributed by atoms with Crippen molar-refractivity contribution in [2.24, 2.45) is 0 Å². The number of anilines is 1. The Morgan fingerprint density at radius 2 is 1.67 bits per heavy atom. The first-order valence-corrected chi connectivity index (χ1v) is 5.80. The summed E-state index contributed by atoms with van der Waals surface area (Å²) >= 11 is 0. The molecule has 0 fully saturated rings. The molecule has 0 saturated heterocycles. The Labute approximate surface area is 106 Å². The van der Waals surface area contributed by atoms with E-state index in [4.69, 9.17) is 5.11 Å². The van der Waals surface area contributed by atoms with Gasteiger partial charge in [0, 0.05) is 18.3 Å². The Morgan fingerprint density at radius 3 is 2.33 bits per heavy atom. The van der Waals surface area contributed by atoms with Crippen molar-refractivity contribution in [2.75, 3.05) is 5.32 Å². The fraction of sp³-hybridized carbons (Fsp3) is 0.214. The first-order chi connectivity index (χ1) is 8.83. The smallest absolute Gasteiger partial charge is 0.0703 e. The zero-order valence-corrected chi connectivity index (χ0v) is 10.0. The minimum atomic E-state index is -0.00565. The van der Waals surface area contributed by atoms with E-state index in [1.165, 1.54) is 0 Å². The number of aromatic nitrogens is 1. The molecule has 1 aromatic carbocycles. The largest absolute Gasteiger partial charge is 0.392 e. The molecule has 4 nitrogen and oxygen atoms in total. The summed E-state index contributed by atoms with van der Waals surface area (Å²) in [7, 11) is 0. The van der Waals surface area contributed by atoms with Crippen LogP contribution < -0.4 is 5.32 Å². The summed E-state index contributed by atoms with van der Waals surface area (Å²) in [5.74, 6) is 0. The molecule has 1 aromatic heterocycles. The zero-order valence-electron chi connectivity index (χ0n) is 10.0. The van der Waals surface area contributed by atoms with Gasteiger partial charge in [-0.1, -0.05) is 24.3 Å². The zero-order chi connectivity index (χ0) is 12.8. The first kappa shape index (κ1) is 12.5. The summed E-state index contributed by atoms with van der Waals surface area (Å²) < 4.78 is 0. The number of benzene rings is 1. The van der Waals surface area contributed by atoms with Crippen LogP contribution in [0.4, 0.5) is 5.69 Å². The van der Waals surface area contributed by atoms with Crippen LogP contribution in [0.5, 0.6) is 0 Å². The van der Waals surface area contributed by atoms with Gasteiger partial charge in [0.15, 0.2) is 0 Å². The van der Waals surface area contributed by atoms with Gasteiger partial charge in [-0.3, -0.25) is 4.98 Å². The van der Waals surface area contributed by atoms with Crippen molar-refractivity contribution in [1.29, 1.82) is 0 Å². The van der Waals surface area contributed by atoms with Gasteiger partial charge in [0.2, 0.25) is 0 Å². The summed E-state index contributed by atoms with van der Waals surface area (Å²) in [6.45, 7) is 0.712. The van der Waals surface area contributed by atoms with Gasteiger partial charge >= 0.3 is 0 Å². The summed E-state index contributed by atoms with van der Waals surface area (Å²) in [6.07, 6.45) is 3.36. The monoisotopic (exact) mass is 244 g/mol. The standard InChI is InChI=1S/C14H16N2O2/c17-9-12-3-1-11(2-4-12)7-16-14-8-15-6-5-13(14)10-18/h1-6,8,16-18H,7,9-10H2. The molecule has 2 aromatic rings. The van der Waals surface area contributed by atoms with Crippen molar-refractivity contribution < 1.29 is 10.2 Å². The average molecular weight is 244 g/mol. The van der Waals surface area contributed by atoms with Crippen molar-refractivity contribution >= 4 is 5.69 Å². The molecule has 1 heterocycles. The minimum absolute atomic E-state index is 0.00565. The molecule has 94 valence electrons. The van der Waals surface area contributed by atoms with Crippen LogP contribution in [0.25, 0.3) is 0 Å². The number of hydrogen-bond acceptors (Lipinski definition) is 4. The lowest BCUT2D eigenvalue weighted by Gasteiger charge is -2.10. The highest BCUT2D eigenvalue weighted by atomic mass is 16.3. The lowest BCUT2D eigenvalue weighted by atomic mass is 10.1. The first-order valence-electron chi connectivity index (χ1n) is 5.80. The van der Waals surface area contributed by atoms with E-state index in [1.54, 1.807) is 18.5 Å². The van der Waals surface area contributed by atoms with E-state index in [0.29, 0.717) is 6.54 Å². The van der Waals surface area contributed by atoms with E-state index in [0.717, 1.165) is 22.4 Å². The van der Waals surface area contributed by atoms with Crippen LogP contribution in [-0.4, -0.2) is 15.2 Å². The average Bonchev–Trinajstić information content (AvgIpc) is 2.46. The number of nitrogens with zero attached hydrogens (tertiary/aromatic N) is 1. The molecule has 4 heteroatoms. The van der Waals surface area contributed by atoms with Gasteiger partial charge in [0.1, 0.15) is 0 Å². The SMILES string of the molecule is OCc1ccc(CNc2cnccc2CO)cc1. The molecule has 0 amide bonds. The van der Waals surface area contributed by atoms with Crippen molar-refractivity contribution in [1.82, 2.24) is 4.98 Å². The number of nitrogens with one attached hydrogen (secondary N) is 1. The third-order valence-corrected chi connectivity index (χ3v) is 2.77. The minimum Gasteiger partial charge on any atom is -0.392 e. The van der Waals surface area contributed by atoms with Crippen LogP contribution in [0.15, 0.2) is 42.7 Å². The summed E-state index contributed by atoms with van der Waals surface area (Å²) in [6, 6.07) is 9.51. The maximum absolute atomic E-state index is 9.19. The second kappa shape index (κ2) is 6.14. The Kier molecular flexibility index (Phi) is 4.28. The number of hydrogen-bond donors (Lipinski definition) is 3. The highest BCUT2D eigenvalue weighted by Crippen LogP contribution is 2.14. The Bertz CT molecular complexity index is 497. The quantitative estimate of drug-likeness (QED) is 0.748. The molecular weight excluding hydrogens is 228 g/mol. The van der Waals surface area contributed by atoms with Gasteiger partial charge in [-0.15, -0.1) is 0 Å². The van der Waals surface area contributed by atoms with Crippen molar-refractivity contribution in [2.45, 2.75) is 19.8 Å². The van der Waals surface area contributed by atoms with Gasteiger partial charge in [0.05, 0.1) is 25.1 Å². The van der Waals surface area contributed by atoms with E-state index in [2.05, 4.69) is 10.3 Å². The maximum atomic E-state index is 9.19. The molecule has 3 N–H and O–H groups in total. The molecule has 0 unspecified atom stereocenters. The predicted octanol–water partition coefficient (Wildman–Crippen LogP) is 1.68.